The van der Waals surface area contributed by atoms with Gasteiger partial charge in [-0.25, -0.2) is 4.39 Å². The van der Waals surface area contributed by atoms with E-state index in [1.807, 2.05) is 54.6 Å². The molecule has 7 nitrogen and oxygen atoms in total. The number of halogens is 1. The second kappa shape index (κ2) is 10.3. The largest absolute Gasteiger partial charge is 0.489 e. The Morgan fingerprint density at radius 1 is 1.03 bits per heavy atom. The number of rotatable bonds is 9. The molecule has 0 saturated carbocycles. The fourth-order valence-electron chi connectivity index (χ4n) is 3.30. The van der Waals surface area contributed by atoms with Gasteiger partial charge in [0.05, 0.1) is 0 Å². The van der Waals surface area contributed by atoms with Crippen molar-refractivity contribution in [3.8, 4) is 11.4 Å². The Bertz CT molecular complexity index is 1210. The molecule has 0 spiro atoms. The molecule has 0 saturated heterocycles. The van der Waals surface area contributed by atoms with Gasteiger partial charge in [0.15, 0.2) is 5.16 Å². The van der Waals surface area contributed by atoms with Crippen LogP contribution in [0.2, 0.25) is 0 Å². The van der Waals surface area contributed by atoms with Gasteiger partial charge in [-0.15, -0.1) is 10.2 Å². The number of nitrogens with zero attached hydrogens (tertiary/aromatic N) is 4. The van der Waals surface area contributed by atoms with Crippen molar-refractivity contribution in [2.45, 2.75) is 23.9 Å². The number of hydrogen-bond acceptors (Lipinski definition) is 6. The second-order valence-corrected chi connectivity index (χ2v) is 8.48. The number of thioether (sulfide) groups is 1. The van der Waals surface area contributed by atoms with Gasteiger partial charge in [0.25, 0.3) is 0 Å². The molecule has 4 aromatic rings. The number of aromatic nitrogens is 3. The van der Waals surface area contributed by atoms with Crippen LogP contribution in [0.3, 0.4) is 0 Å². The number of ether oxygens (including phenoxy) is 1. The van der Waals surface area contributed by atoms with Crippen LogP contribution < -0.4 is 4.74 Å². The molecule has 0 aliphatic rings. The highest BCUT2D eigenvalue weighted by atomic mass is 32.2. The zero-order valence-corrected chi connectivity index (χ0v) is 18.6. The Balaban J connectivity index is 1.53. The average Bonchev–Trinajstić information content (AvgIpc) is 3.18. The van der Waals surface area contributed by atoms with Crippen LogP contribution in [-0.2, 0) is 6.61 Å². The average molecular weight is 465 g/mol. The van der Waals surface area contributed by atoms with Crippen LogP contribution in [0.15, 0.2) is 84.0 Å². The summed E-state index contributed by atoms with van der Waals surface area (Å²) < 4.78 is 20.9. The lowest BCUT2D eigenvalue weighted by Gasteiger charge is -2.15. The van der Waals surface area contributed by atoms with Crippen molar-refractivity contribution < 1.29 is 14.1 Å². The maximum atomic E-state index is 13.4. The molecule has 0 N–H and O–H groups in total. The number of benzene rings is 3. The highest BCUT2D eigenvalue weighted by Gasteiger charge is 2.24. The Labute approximate surface area is 194 Å². The van der Waals surface area contributed by atoms with Gasteiger partial charge in [-0.05, 0) is 54.4 Å². The number of nitro groups is 1. The molecule has 168 valence electrons. The minimum atomic E-state index is -0.494. The van der Waals surface area contributed by atoms with E-state index in [9.17, 15) is 14.5 Å². The van der Waals surface area contributed by atoms with Gasteiger partial charge in [-0.3, -0.25) is 14.7 Å². The van der Waals surface area contributed by atoms with Crippen LogP contribution in [0.25, 0.3) is 5.69 Å². The van der Waals surface area contributed by atoms with E-state index in [2.05, 4.69) is 10.2 Å². The fourth-order valence-corrected chi connectivity index (χ4v) is 4.47. The molecule has 0 unspecified atom stereocenters. The molecule has 0 aliphatic carbocycles. The monoisotopic (exact) mass is 464 g/mol. The van der Waals surface area contributed by atoms with Gasteiger partial charge in [-0.2, -0.15) is 0 Å². The molecule has 1 aromatic heterocycles. The van der Waals surface area contributed by atoms with Gasteiger partial charge in [0.2, 0.25) is 6.54 Å². The summed E-state index contributed by atoms with van der Waals surface area (Å²) >= 11 is 1.25. The molecule has 1 heterocycles. The van der Waals surface area contributed by atoms with E-state index in [0.29, 0.717) is 29.0 Å². The SMILES string of the molecule is Cc1nnc(S[C@@H](C[N+](=O)[O-])c2ccc(OCc3ccccc3)cc2)n1-c1ccc(F)cc1. The van der Waals surface area contributed by atoms with Gasteiger partial charge in [0.1, 0.15) is 29.2 Å². The summed E-state index contributed by atoms with van der Waals surface area (Å²) in [6, 6.07) is 23.0. The first kappa shape index (κ1) is 22.5. The third-order valence-electron chi connectivity index (χ3n) is 4.94. The first-order chi connectivity index (χ1) is 16.0. The lowest BCUT2D eigenvalue weighted by atomic mass is 10.1. The van der Waals surface area contributed by atoms with Gasteiger partial charge >= 0.3 is 0 Å². The van der Waals surface area contributed by atoms with Crippen LogP contribution in [0.4, 0.5) is 4.39 Å². The van der Waals surface area contributed by atoms with Crippen molar-refractivity contribution in [3.05, 3.63) is 112 Å². The van der Waals surface area contributed by atoms with E-state index in [1.54, 1.807) is 23.6 Å². The minimum Gasteiger partial charge on any atom is -0.489 e. The van der Waals surface area contributed by atoms with Gasteiger partial charge < -0.3 is 4.74 Å². The van der Waals surface area contributed by atoms with E-state index in [0.717, 1.165) is 11.1 Å². The highest BCUT2D eigenvalue weighted by molar-refractivity contribution is 7.99. The molecule has 0 fully saturated rings. The third-order valence-corrected chi connectivity index (χ3v) is 6.12. The predicted octanol–water partition coefficient (Wildman–Crippen LogP) is 5.40. The van der Waals surface area contributed by atoms with E-state index in [-0.39, 0.29) is 17.3 Å². The second-order valence-electron chi connectivity index (χ2n) is 7.31. The van der Waals surface area contributed by atoms with E-state index >= 15 is 0 Å². The molecule has 0 bridgehead atoms. The van der Waals surface area contributed by atoms with Crippen LogP contribution in [0.5, 0.6) is 5.75 Å². The predicted molar refractivity (Wildman–Crippen MR) is 124 cm³/mol. The molecular weight excluding hydrogens is 443 g/mol. The summed E-state index contributed by atoms with van der Waals surface area (Å²) in [6.45, 7) is 1.93. The lowest BCUT2D eigenvalue weighted by molar-refractivity contribution is -0.479. The molecule has 4 rings (SSSR count). The molecule has 0 amide bonds. The molecule has 33 heavy (non-hydrogen) atoms. The van der Waals surface area contributed by atoms with Crippen molar-refractivity contribution in [1.82, 2.24) is 14.8 Å². The molecular formula is C24H21FN4O3S. The fraction of sp³-hybridized carbons (Fsp3) is 0.167. The lowest BCUT2D eigenvalue weighted by Crippen LogP contribution is -2.11. The summed E-state index contributed by atoms with van der Waals surface area (Å²) in [6.07, 6.45) is 0. The van der Waals surface area contributed by atoms with Crippen LogP contribution in [-0.4, -0.2) is 26.2 Å². The topological polar surface area (TPSA) is 83.1 Å². The first-order valence-corrected chi connectivity index (χ1v) is 11.1. The Hall–Kier alpha value is -3.72. The maximum absolute atomic E-state index is 13.4. The van der Waals surface area contributed by atoms with E-state index < -0.39 is 5.25 Å². The summed E-state index contributed by atoms with van der Waals surface area (Å²) in [4.78, 5) is 11.0. The highest BCUT2D eigenvalue weighted by Crippen LogP contribution is 2.36. The first-order valence-electron chi connectivity index (χ1n) is 10.2. The van der Waals surface area contributed by atoms with Crippen molar-refractivity contribution in [1.29, 1.82) is 0 Å². The Morgan fingerprint density at radius 3 is 2.39 bits per heavy atom. The van der Waals surface area contributed by atoms with E-state index in [1.165, 1.54) is 23.9 Å². The van der Waals surface area contributed by atoms with E-state index in [4.69, 9.17) is 4.74 Å². The zero-order valence-electron chi connectivity index (χ0n) is 17.8. The quantitative estimate of drug-likeness (QED) is 0.187. The zero-order chi connectivity index (χ0) is 23.2. The molecule has 3 aromatic carbocycles. The van der Waals surface area contributed by atoms with Gasteiger partial charge in [-0.1, -0.05) is 54.2 Å². The Morgan fingerprint density at radius 2 is 1.73 bits per heavy atom. The molecule has 1 atom stereocenters. The van der Waals surface area contributed by atoms with Crippen molar-refractivity contribution in [3.63, 3.8) is 0 Å². The Kier molecular flexibility index (Phi) is 6.99. The van der Waals surface area contributed by atoms with Crippen LogP contribution in [0.1, 0.15) is 22.2 Å². The van der Waals surface area contributed by atoms with Crippen molar-refractivity contribution in [2.24, 2.45) is 0 Å². The molecule has 0 radical (unpaired) electrons. The summed E-state index contributed by atoms with van der Waals surface area (Å²) in [5.41, 5.74) is 2.51. The summed E-state index contributed by atoms with van der Waals surface area (Å²) in [5.74, 6) is 0.936. The molecule has 9 heteroatoms. The van der Waals surface area contributed by atoms with Gasteiger partial charge in [0, 0.05) is 10.6 Å². The van der Waals surface area contributed by atoms with Crippen LogP contribution in [0, 0.1) is 22.9 Å². The smallest absolute Gasteiger partial charge is 0.220 e. The minimum absolute atomic E-state index is 0.287. The maximum Gasteiger partial charge on any atom is 0.220 e. The summed E-state index contributed by atoms with van der Waals surface area (Å²) in [7, 11) is 0. The standard InChI is InChI=1S/C24H21FN4O3S/c1-17-26-27-24(29(17)21-11-9-20(25)10-12-21)33-23(15-28(30)31)19-7-13-22(14-8-19)32-16-18-5-3-2-4-6-18/h2-14,23H,15-16H2,1H3/t23-/m0/s1. The van der Waals surface area contributed by atoms with Crippen molar-refractivity contribution >= 4 is 11.8 Å². The third kappa shape index (κ3) is 5.75. The molecule has 0 aliphatic heterocycles. The van der Waals surface area contributed by atoms with Crippen molar-refractivity contribution in [2.75, 3.05) is 6.54 Å². The summed E-state index contributed by atoms with van der Waals surface area (Å²) in [5, 5.41) is 19.7. The number of aryl methyl sites for hydroxylation is 1. The van der Waals surface area contributed by atoms with Crippen LogP contribution >= 0.6 is 11.8 Å². The normalized spacial score (nSPS) is 11.8. The number of hydrogen-bond donors (Lipinski definition) is 0.